The molecule has 0 aliphatic rings. The third-order valence-corrected chi connectivity index (χ3v) is 2.52. The Labute approximate surface area is 108 Å². The number of hydrogen-bond donors (Lipinski definition) is 1. The molecular formula is C13H11FN2O3. The van der Waals surface area contributed by atoms with Crippen LogP contribution in [0.15, 0.2) is 36.4 Å². The second kappa shape index (κ2) is 4.93. The Morgan fingerprint density at radius 3 is 2.68 bits per heavy atom. The number of hydrogen-bond acceptors (Lipinski definition) is 4. The van der Waals surface area contributed by atoms with Gasteiger partial charge in [-0.3, -0.25) is 10.1 Å². The van der Waals surface area contributed by atoms with Gasteiger partial charge in [0.2, 0.25) is 5.75 Å². The van der Waals surface area contributed by atoms with Gasteiger partial charge in [0.25, 0.3) is 0 Å². The first kappa shape index (κ1) is 12.8. The van der Waals surface area contributed by atoms with Crippen LogP contribution in [-0.4, -0.2) is 4.92 Å². The molecule has 0 atom stereocenters. The molecule has 0 radical (unpaired) electrons. The fraction of sp³-hybridized carbons (Fsp3) is 0.0769. The summed E-state index contributed by atoms with van der Waals surface area (Å²) < 4.78 is 18.8. The zero-order valence-electron chi connectivity index (χ0n) is 10.1. The predicted molar refractivity (Wildman–Crippen MR) is 68.7 cm³/mol. The zero-order valence-corrected chi connectivity index (χ0v) is 10.1. The average Bonchev–Trinajstić information content (AvgIpc) is 2.33. The van der Waals surface area contributed by atoms with E-state index in [1.807, 2.05) is 0 Å². The zero-order chi connectivity index (χ0) is 14.0. The fourth-order valence-corrected chi connectivity index (χ4v) is 1.62. The number of nitro groups is 1. The number of anilines is 1. The highest BCUT2D eigenvalue weighted by molar-refractivity contribution is 5.66. The van der Waals surface area contributed by atoms with Gasteiger partial charge in [0.05, 0.1) is 4.92 Å². The number of nitrogens with two attached hydrogens (primary N) is 1. The van der Waals surface area contributed by atoms with Crippen molar-refractivity contribution in [3.8, 4) is 11.5 Å². The molecule has 0 fully saturated rings. The van der Waals surface area contributed by atoms with Gasteiger partial charge in [0, 0.05) is 0 Å². The van der Waals surface area contributed by atoms with Gasteiger partial charge in [0.15, 0.2) is 11.6 Å². The molecule has 2 N–H and O–H groups in total. The van der Waals surface area contributed by atoms with Gasteiger partial charge >= 0.3 is 5.69 Å². The summed E-state index contributed by atoms with van der Waals surface area (Å²) in [5.41, 5.74) is 5.91. The maximum atomic E-state index is 13.6. The van der Waals surface area contributed by atoms with Crippen LogP contribution in [0.2, 0.25) is 0 Å². The van der Waals surface area contributed by atoms with Crippen LogP contribution in [0, 0.1) is 22.9 Å². The van der Waals surface area contributed by atoms with E-state index in [2.05, 4.69) is 0 Å². The van der Waals surface area contributed by atoms with E-state index >= 15 is 0 Å². The Morgan fingerprint density at radius 1 is 1.26 bits per heavy atom. The molecule has 0 amide bonds. The van der Waals surface area contributed by atoms with Gasteiger partial charge < -0.3 is 10.5 Å². The van der Waals surface area contributed by atoms with Crippen LogP contribution < -0.4 is 10.5 Å². The molecule has 0 spiro atoms. The molecule has 19 heavy (non-hydrogen) atoms. The Balaban J connectivity index is 2.46. The van der Waals surface area contributed by atoms with Gasteiger partial charge in [-0.1, -0.05) is 12.1 Å². The molecular weight excluding hydrogens is 251 g/mol. The van der Waals surface area contributed by atoms with Crippen molar-refractivity contribution >= 4 is 11.4 Å². The standard InChI is InChI=1S/C13H11FN2O3/c1-8-5-6-9(14)12(7-8)19-11-4-2-3-10(15)13(11)16(17)18/h2-7H,15H2,1H3. The minimum absolute atomic E-state index is 0.0319. The van der Waals surface area contributed by atoms with Crippen molar-refractivity contribution in [2.75, 3.05) is 5.73 Å². The number of para-hydroxylation sites is 1. The Morgan fingerprint density at radius 2 is 2.00 bits per heavy atom. The number of benzene rings is 2. The SMILES string of the molecule is Cc1ccc(F)c(Oc2cccc(N)c2[N+](=O)[O-])c1. The molecule has 5 nitrogen and oxygen atoms in total. The molecule has 6 heteroatoms. The van der Waals surface area contributed by atoms with Crippen LogP contribution >= 0.6 is 0 Å². The summed E-state index contributed by atoms with van der Waals surface area (Å²) >= 11 is 0. The topological polar surface area (TPSA) is 78.4 Å². The van der Waals surface area contributed by atoms with E-state index in [1.54, 1.807) is 13.0 Å². The van der Waals surface area contributed by atoms with E-state index in [4.69, 9.17) is 10.5 Å². The molecule has 0 saturated carbocycles. The van der Waals surface area contributed by atoms with Gasteiger partial charge in [-0.05, 0) is 36.8 Å². The quantitative estimate of drug-likeness (QED) is 0.522. The van der Waals surface area contributed by atoms with Crippen molar-refractivity contribution in [1.29, 1.82) is 0 Å². The van der Waals surface area contributed by atoms with Crippen molar-refractivity contribution in [3.63, 3.8) is 0 Å². The summed E-state index contributed by atoms with van der Waals surface area (Å²) in [5, 5.41) is 10.9. The van der Waals surface area contributed by atoms with Crippen LogP contribution in [-0.2, 0) is 0 Å². The van der Waals surface area contributed by atoms with Crippen LogP contribution in [0.3, 0.4) is 0 Å². The van der Waals surface area contributed by atoms with Gasteiger partial charge in [-0.2, -0.15) is 0 Å². The lowest BCUT2D eigenvalue weighted by atomic mass is 10.2. The fourth-order valence-electron chi connectivity index (χ4n) is 1.62. The Kier molecular flexibility index (Phi) is 3.33. The summed E-state index contributed by atoms with van der Waals surface area (Å²) in [5.74, 6) is -0.759. The molecule has 2 rings (SSSR count). The van der Waals surface area contributed by atoms with Crippen LogP contribution in [0.25, 0.3) is 0 Å². The molecule has 0 aliphatic heterocycles. The highest BCUT2D eigenvalue weighted by atomic mass is 19.1. The number of ether oxygens (including phenoxy) is 1. The van der Waals surface area contributed by atoms with Crippen molar-refractivity contribution in [2.45, 2.75) is 6.92 Å². The third-order valence-electron chi connectivity index (χ3n) is 2.52. The largest absolute Gasteiger partial charge is 0.447 e. The number of rotatable bonds is 3. The third kappa shape index (κ3) is 2.62. The summed E-state index contributed by atoms with van der Waals surface area (Å²) in [7, 11) is 0. The monoisotopic (exact) mass is 262 g/mol. The highest BCUT2D eigenvalue weighted by Gasteiger charge is 2.20. The van der Waals surface area contributed by atoms with Crippen molar-refractivity contribution < 1.29 is 14.1 Å². The minimum atomic E-state index is -0.654. The normalized spacial score (nSPS) is 10.2. The number of nitrogens with zero attached hydrogens (tertiary/aromatic N) is 1. The summed E-state index contributed by atoms with van der Waals surface area (Å²) in [6.07, 6.45) is 0. The lowest BCUT2D eigenvalue weighted by Gasteiger charge is -2.09. The second-order valence-corrected chi connectivity index (χ2v) is 3.99. The van der Waals surface area contributed by atoms with Crippen molar-refractivity contribution in [1.82, 2.24) is 0 Å². The maximum absolute atomic E-state index is 13.6. The van der Waals surface area contributed by atoms with Crippen LogP contribution in [0.4, 0.5) is 15.8 Å². The smallest absolute Gasteiger partial charge is 0.334 e. The van der Waals surface area contributed by atoms with E-state index < -0.39 is 10.7 Å². The molecule has 2 aromatic rings. The molecule has 0 saturated heterocycles. The lowest BCUT2D eigenvalue weighted by molar-refractivity contribution is -0.384. The Hall–Kier alpha value is -2.63. The predicted octanol–water partition coefficient (Wildman–Crippen LogP) is 3.42. The number of nitro benzene ring substituents is 1. The first-order valence-corrected chi connectivity index (χ1v) is 5.46. The average molecular weight is 262 g/mol. The molecule has 98 valence electrons. The van der Waals surface area contributed by atoms with E-state index in [0.717, 1.165) is 5.56 Å². The Bertz CT molecular complexity index is 644. The number of halogens is 1. The van der Waals surface area contributed by atoms with Gasteiger partial charge in [-0.25, -0.2) is 4.39 Å². The van der Waals surface area contributed by atoms with E-state index in [1.165, 1.54) is 30.3 Å². The van der Waals surface area contributed by atoms with E-state index in [0.29, 0.717) is 0 Å². The van der Waals surface area contributed by atoms with Crippen LogP contribution in [0.1, 0.15) is 5.56 Å². The van der Waals surface area contributed by atoms with Gasteiger partial charge in [0.1, 0.15) is 5.69 Å². The number of aryl methyl sites for hydroxylation is 1. The van der Waals surface area contributed by atoms with Crippen LogP contribution in [0.5, 0.6) is 11.5 Å². The first-order chi connectivity index (χ1) is 8.99. The highest BCUT2D eigenvalue weighted by Crippen LogP contribution is 2.36. The first-order valence-electron chi connectivity index (χ1n) is 5.46. The summed E-state index contributed by atoms with van der Waals surface area (Å²) in [6.45, 7) is 1.76. The molecule has 0 unspecified atom stereocenters. The number of nitrogen functional groups attached to an aromatic ring is 1. The van der Waals surface area contributed by atoms with Crippen molar-refractivity contribution in [2.24, 2.45) is 0 Å². The minimum Gasteiger partial charge on any atom is -0.447 e. The van der Waals surface area contributed by atoms with E-state index in [-0.39, 0.29) is 22.9 Å². The lowest BCUT2D eigenvalue weighted by Crippen LogP contribution is -1.99. The maximum Gasteiger partial charge on any atom is 0.334 e. The van der Waals surface area contributed by atoms with Gasteiger partial charge in [-0.15, -0.1) is 0 Å². The molecule has 0 heterocycles. The molecule has 2 aromatic carbocycles. The molecule has 0 aromatic heterocycles. The second-order valence-electron chi connectivity index (χ2n) is 3.99. The van der Waals surface area contributed by atoms with Crippen molar-refractivity contribution in [3.05, 3.63) is 57.9 Å². The van der Waals surface area contributed by atoms with E-state index in [9.17, 15) is 14.5 Å². The summed E-state index contributed by atoms with van der Waals surface area (Å²) in [4.78, 5) is 10.3. The molecule has 0 aliphatic carbocycles. The molecule has 0 bridgehead atoms. The summed E-state index contributed by atoms with van der Waals surface area (Å²) in [6, 6.07) is 8.54.